The topological polar surface area (TPSA) is 73.8 Å². The maximum Gasteiger partial charge on any atom is 0.268 e. The summed E-state index contributed by atoms with van der Waals surface area (Å²) in [6.07, 6.45) is 3.21. The van der Waals surface area contributed by atoms with E-state index in [2.05, 4.69) is 31.1 Å². The lowest BCUT2D eigenvalue weighted by molar-refractivity contribution is 0.364. The van der Waals surface area contributed by atoms with Gasteiger partial charge < -0.3 is 4.52 Å². The molecule has 0 saturated carbocycles. The fourth-order valence-corrected chi connectivity index (χ4v) is 1.81. The van der Waals surface area contributed by atoms with Gasteiger partial charge in [-0.1, -0.05) is 12.1 Å². The predicted octanol–water partition coefficient (Wildman–Crippen LogP) is 1.70. The highest BCUT2D eigenvalue weighted by atomic mass is 79.9. The molecule has 0 N–H and O–H groups in total. The monoisotopic (exact) mass is 312 g/mol. The highest BCUT2D eigenvalue weighted by Gasteiger charge is 2.10. The molecule has 2 rings (SSSR count). The Morgan fingerprint density at radius 1 is 1.50 bits per heavy atom. The number of hydrogen-bond donors (Lipinski definition) is 0. The summed E-state index contributed by atoms with van der Waals surface area (Å²) in [5.41, 5.74) is 0.506. The number of hydrogen-bond acceptors (Lipinski definition) is 5. The highest BCUT2D eigenvalue weighted by molar-refractivity contribution is 9.10. The van der Waals surface area contributed by atoms with Crippen LogP contribution in [0.1, 0.15) is 30.8 Å². The van der Waals surface area contributed by atoms with E-state index in [1.807, 2.05) is 6.92 Å². The second kappa shape index (κ2) is 5.43. The van der Waals surface area contributed by atoms with Crippen molar-refractivity contribution in [1.82, 2.24) is 19.7 Å². The number of halogens is 1. The molecule has 0 saturated heterocycles. The fraction of sp³-hybridized carbons (Fsp3) is 0.455. The van der Waals surface area contributed by atoms with Gasteiger partial charge in [0.25, 0.3) is 5.56 Å². The van der Waals surface area contributed by atoms with Gasteiger partial charge in [0.05, 0.1) is 12.0 Å². The number of rotatable bonds is 4. The van der Waals surface area contributed by atoms with Crippen LogP contribution in [0.25, 0.3) is 0 Å². The van der Waals surface area contributed by atoms with Gasteiger partial charge in [0.1, 0.15) is 11.0 Å². The van der Waals surface area contributed by atoms with Gasteiger partial charge in [-0.15, -0.1) is 0 Å². The molecule has 0 radical (unpaired) electrons. The molecule has 96 valence electrons. The van der Waals surface area contributed by atoms with Crippen molar-refractivity contribution in [2.24, 2.45) is 0 Å². The summed E-state index contributed by atoms with van der Waals surface area (Å²) < 4.78 is 6.97. The third-order valence-electron chi connectivity index (χ3n) is 2.45. The lowest BCUT2D eigenvalue weighted by Crippen LogP contribution is -2.22. The predicted molar refractivity (Wildman–Crippen MR) is 68.3 cm³/mol. The largest absolute Gasteiger partial charge is 0.337 e. The van der Waals surface area contributed by atoms with Gasteiger partial charge in [0.2, 0.25) is 5.89 Å². The zero-order valence-corrected chi connectivity index (χ0v) is 11.8. The molecule has 0 aliphatic heterocycles. The molecule has 2 heterocycles. The first-order valence-corrected chi connectivity index (χ1v) is 6.44. The molecular weight excluding hydrogens is 300 g/mol. The maximum atomic E-state index is 11.9. The van der Waals surface area contributed by atoms with Gasteiger partial charge in [-0.25, -0.2) is 4.98 Å². The van der Waals surface area contributed by atoms with E-state index in [1.54, 1.807) is 6.92 Å². The van der Waals surface area contributed by atoms with Crippen molar-refractivity contribution in [3.05, 3.63) is 38.6 Å². The van der Waals surface area contributed by atoms with Crippen molar-refractivity contribution in [1.29, 1.82) is 0 Å². The second-order valence-corrected chi connectivity index (χ2v) is 4.72. The van der Waals surface area contributed by atoms with E-state index in [9.17, 15) is 4.79 Å². The molecule has 7 heteroatoms. The quantitative estimate of drug-likeness (QED) is 0.859. The van der Waals surface area contributed by atoms with E-state index in [-0.39, 0.29) is 12.1 Å². The van der Waals surface area contributed by atoms with Crippen LogP contribution in [0, 0.1) is 6.92 Å². The molecule has 0 aliphatic carbocycles. The van der Waals surface area contributed by atoms with Gasteiger partial charge >= 0.3 is 0 Å². The number of aryl methyl sites for hydroxylation is 2. The van der Waals surface area contributed by atoms with Gasteiger partial charge in [-0.3, -0.25) is 9.36 Å². The van der Waals surface area contributed by atoms with Gasteiger partial charge in [0.15, 0.2) is 5.82 Å². The minimum atomic E-state index is -0.155. The molecule has 0 aromatic carbocycles. The van der Waals surface area contributed by atoms with E-state index >= 15 is 0 Å². The summed E-state index contributed by atoms with van der Waals surface area (Å²) in [4.78, 5) is 20.2. The summed E-state index contributed by atoms with van der Waals surface area (Å²) in [5, 5.41) is 3.84. The Bertz CT molecular complexity index is 605. The summed E-state index contributed by atoms with van der Waals surface area (Å²) in [7, 11) is 0. The number of aromatic nitrogens is 4. The Morgan fingerprint density at radius 2 is 2.28 bits per heavy atom. The smallest absolute Gasteiger partial charge is 0.268 e. The van der Waals surface area contributed by atoms with Crippen LogP contribution in [-0.4, -0.2) is 19.7 Å². The molecule has 0 bridgehead atoms. The Balaban J connectivity index is 2.23. The molecule has 0 unspecified atom stereocenters. The first-order chi connectivity index (χ1) is 8.61. The van der Waals surface area contributed by atoms with Crippen LogP contribution < -0.4 is 5.56 Å². The molecule has 0 spiro atoms. The fourth-order valence-electron chi connectivity index (χ4n) is 1.48. The zero-order valence-electron chi connectivity index (χ0n) is 10.2. The zero-order chi connectivity index (χ0) is 13.1. The van der Waals surface area contributed by atoms with Crippen LogP contribution in [0.4, 0.5) is 0 Å². The average Bonchev–Trinajstić information content (AvgIpc) is 2.78. The van der Waals surface area contributed by atoms with Crippen molar-refractivity contribution in [3.8, 4) is 0 Å². The lowest BCUT2D eigenvalue weighted by atomic mass is 10.3. The van der Waals surface area contributed by atoms with Crippen molar-refractivity contribution < 1.29 is 4.52 Å². The molecule has 18 heavy (non-hydrogen) atoms. The van der Waals surface area contributed by atoms with Crippen LogP contribution in [0.3, 0.4) is 0 Å². The van der Waals surface area contributed by atoms with Crippen LogP contribution in [-0.2, 0) is 13.0 Å². The minimum absolute atomic E-state index is 0.155. The van der Waals surface area contributed by atoms with E-state index in [0.717, 1.165) is 12.8 Å². The molecule has 2 aromatic rings. The molecule has 0 amide bonds. The normalized spacial score (nSPS) is 10.8. The van der Waals surface area contributed by atoms with Crippen LogP contribution >= 0.6 is 15.9 Å². The lowest BCUT2D eigenvalue weighted by Gasteiger charge is -2.03. The van der Waals surface area contributed by atoms with E-state index in [1.165, 1.54) is 10.9 Å². The number of nitrogens with zero attached hydrogens (tertiary/aromatic N) is 4. The van der Waals surface area contributed by atoms with Gasteiger partial charge in [-0.05, 0) is 29.3 Å². The molecule has 2 aromatic heterocycles. The second-order valence-electron chi connectivity index (χ2n) is 3.93. The molecular formula is C11H13BrN4O2. The summed E-state index contributed by atoms with van der Waals surface area (Å²) in [6, 6.07) is 0. The third-order valence-corrected chi connectivity index (χ3v) is 3.36. The van der Waals surface area contributed by atoms with Crippen molar-refractivity contribution >= 4 is 15.9 Å². The molecule has 0 atom stereocenters. The SMILES string of the molecule is CCCc1noc(Cn2cnc(C)c(Br)c2=O)n1. The highest BCUT2D eigenvalue weighted by Crippen LogP contribution is 2.07. The Kier molecular flexibility index (Phi) is 3.90. The standard InChI is InChI=1S/C11H13BrN4O2/c1-3-4-8-14-9(18-15-8)5-16-6-13-7(2)10(12)11(16)17/h6H,3-5H2,1-2H3. The van der Waals surface area contributed by atoms with Crippen molar-refractivity contribution in [3.63, 3.8) is 0 Å². The van der Waals surface area contributed by atoms with Crippen molar-refractivity contribution in [2.75, 3.05) is 0 Å². The first-order valence-electron chi connectivity index (χ1n) is 5.64. The Labute approximate surface area is 112 Å². The van der Waals surface area contributed by atoms with E-state index < -0.39 is 0 Å². The molecule has 6 nitrogen and oxygen atoms in total. The van der Waals surface area contributed by atoms with Crippen LogP contribution in [0.5, 0.6) is 0 Å². The Morgan fingerprint density at radius 3 is 3.00 bits per heavy atom. The molecule has 0 fully saturated rings. The van der Waals surface area contributed by atoms with Gasteiger partial charge in [-0.2, -0.15) is 4.98 Å². The third kappa shape index (κ3) is 2.66. The first kappa shape index (κ1) is 12.9. The maximum absolute atomic E-state index is 11.9. The summed E-state index contributed by atoms with van der Waals surface area (Å²) in [6.45, 7) is 4.05. The Hall–Kier alpha value is -1.50. The minimum Gasteiger partial charge on any atom is -0.337 e. The van der Waals surface area contributed by atoms with Crippen LogP contribution in [0.2, 0.25) is 0 Å². The van der Waals surface area contributed by atoms with Crippen LogP contribution in [0.15, 0.2) is 20.1 Å². The van der Waals surface area contributed by atoms with E-state index in [4.69, 9.17) is 4.52 Å². The van der Waals surface area contributed by atoms with E-state index in [0.29, 0.717) is 21.9 Å². The van der Waals surface area contributed by atoms with Crippen molar-refractivity contribution in [2.45, 2.75) is 33.2 Å². The summed E-state index contributed by atoms with van der Waals surface area (Å²) >= 11 is 3.21. The average molecular weight is 313 g/mol. The van der Waals surface area contributed by atoms with Gasteiger partial charge in [0, 0.05) is 6.42 Å². The molecule has 0 aliphatic rings. The summed E-state index contributed by atoms with van der Waals surface area (Å²) in [5.74, 6) is 1.08.